The van der Waals surface area contributed by atoms with E-state index in [1.165, 1.54) is 4.90 Å². The van der Waals surface area contributed by atoms with E-state index in [1.54, 1.807) is 22.8 Å². The van der Waals surface area contributed by atoms with Crippen LogP contribution in [0.15, 0.2) is 125 Å². The summed E-state index contributed by atoms with van der Waals surface area (Å²) < 4.78 is 1.65. The molecule has 0 radical (unpaired) electrons. The van der Waals surface area contributed by atoms with Crippen molar-refractivity contribution in [2.45, 2.75) is 45.7 Å². The Morgan fingerprint density at radius 1 is 0.797 bits per heavy atom. The third-order valence-electron chi connectivity index (χ3n) is 12.2. The van der Waals surface area contributed by atoms with Crippen LogP contribution in [0.2, 0.25) is 0 Å². The molecule has 11 rings (SSSR count). The molecule has 2 fully saturated rings. The van der Waals surface area contributed by atoms with Gasteiger partial charge in [0.1, 0.15) is 17.1 Å². The second-order valence-corrected chi connectivity index (χ2v) is 16.3. The Kier molecular flexibility index (Phi) is 8.19. The van der Waals surface area contributed by atoms with Gasteiger partial charge >= 0.3 is 0 Å². The van der Waals surface area contributed by atoms with Gasteiger partial charge in [-0.05, 0) is 74.2 Å². The van der Waals surface area contributed by atoms with Crippen LogP contribution in [0.1, 0.15) is 58.7 Å². The third kappa shape index (κ3) is 5.24. The minimum absolute atomic E-state index is 0.0221. The summed E-state index contributed by atoms with van der Waals surface area (Å²) >= 11 is 0. The summed E-state index contributed by atoms with van der Waals surface area (Å²) in [5.74, 6) is -1.16. The standard InChI is InChI=1S/C32H30N4O3.C16H10N2O2/c1-17(2)15-23-26-27(30(39)35(29(26)38)24-14-13-18(3)16-19(24)4)32(34-23)21-10-6-8-12-25(21)36-28(37)20-9-5-7-11-22(20)33-31(32)36;19-15-10-6-2-4-8-12(10)17-14(15)13-9-5-1-3-7-11(9)18-16(13)20/h5-14,16-17,23,26-27,34H,15H2,1-4H3;1-8,18,20H/t23?,26-,27+,32?;/m0./s1. The SMILES string of the molecule is Cc1ccc(N2C(=O)[C@H]3C(CC(C)C)NC4(c5ccccc5-n5c4nc4ccccc4c5=O)[C@H]3C2=O)c(C)c1.O=C1C(c2c(O)[nH]c3ccccc23)=Nc2ccccc21. The summed E-state index contributed by atoms with van der Waals surface area (Å²) in [4.78, 5) is 68.8. The van der Waals surface area contributed by atoms with Gasteiger partial charge in [-0.15, -0.1) is 0 Å². The zero-order valence-electron chi connectivity index (χ0n) is 32.9. The first-order chi connectivity index (χ1) is 28.5. The van der Waals surface area contributed by atoms with Crippen LogP contribution in [-0.4, -0.2) is 49.0 Å². The van der Waals surface area contributed by atoms with E-state index in [9.17, 15) is 24.3 Å². The Morgan fingerprint density at radius 2 is 1.51 bits per heavy atom. The number of amides is 2. The van der Waals surface area contributed by atoms with Gasteiger partial charge in [0.05, 0.1) is 45.4 Å². The molecule has 4 aliphatic heterocycles. The predicted octanol–water partition coefficient (Wildman–Crippen LogP) is 7.57. The van der Waals surface area contributed by atoms with Gasteiger partial charge in [0.2, 0.25) is 17.6 Å². The van der Waals surface area contributed by atoms with Crippen LogP contribution >= 0.6 is 0 Å². The summed E-state index contributed by atoms with van der Waals surface area (Å²) in [6.45, 7) is 8.18. The maximum atomic E-state index is 14.5. The highest BCUT2D eigenvalue weighted by molar-refractivity contribution is 6.56. The molecule has 2 aromatic heterocycles. The van der Waals surface area contributed by atoms with Crippen LogP contribution in [0.5, 0.6) is 5.88 Å². The molecule has 4 atom stereocenters. The molecule has 2 amide bonds. The number of rotatable bonds is 4. The van der Waals surface area contributed by atoms with Crippen molar-refractivity contribution in [3.05, 3.63) is 159 Å². The van der Waals surface area contributed by atoms with Crippen molar-refractivity contribution in [1.29, 1.82) is 0 Å². The first kappa shape index (κ1) is 36.4. The van der Waals surface area contributed by atoms with E-state index in [1.807, 2.05) is 111 Å². The largest absolute Gasteiger partial charge is 0.494 e. The van der Waals surface area contributed by atoms with Gasteiger partial charge in [0, 0.05) is 28.1 Å². The Morgan fingerprint density at radius 3 is 2.29 bits per heavy atom. The molecule has 4 aliphatic rings. The van der Waals surface area contributed by atoms with Crippen LogP contribution in [0.25, 0.3) is 27.5 Å². The van der Waals surface area contributed by atoms with E-state index in [0.29, 0.717) is 63.0 Å². The van der Waals surface area contributed by atoms with Gasteiger partial charge in [-0.2, -0.15) is 0 Å². The number of Topliss-reactive ketones (excluding diaryl/α,β-unsaturated/α-hetero) is 1. The number of aryl methyl sites for hydroxylation is 2. The Labute approximate surface area is 339 Å². The van der Waals surface area contributed by atoms with Crippen LogP contribution in [0.4, 0.5) is 11.4 Å². The molecular formula is C48H40N6O5. The second kappa shape index (κ2) is 13.3. The number of fused-ring (bicyclic) bond motifs is 10. The van der Waals surface area contributed by atoms with Gasteiger partial charge in [-0.25, -0.2) is 14.9 Å². The number of H-pyrrole nitrogens is 1. The number of aromatic nitrogens is 3. The number of nitrogens with one attached hydrogen (secondary N) is 2. The predicted molar refractivity (Wildman–Crippen MR) is 227 cm³/mol. The van der Waals surface area contributed by atoms with Crippen LogP contribution in [0, 0.1) is 31.6 Å². The number of para-hydroxylation sites is 4. The van der Waals surface area contributed by atoms with Crippen LogP contribution < -0.4 is 15.8 Å². The Hall–Kier alpha value is -6.98. The fourth-order valence-corrected chi connectivity index (χ4v) is 9.82. The number of aliphatic imine (C=N–C) groups is 1. The number of imide groups is 1. The van der Waals surface area contributed by atoms with Gasteiger partial charge in [0.25, 0.3) is 5.56 Å². The molecule has 0 saturated carbocycles. The van der Waals surface area contributed by atoms with Gasteiger partial charge in [-0.1, -0.05) is 92.2 Å². The van der Waals surface area contributed by atoms with Crippen LogP contribution in [-0.2, 0) is 15.1 Å². The van der Waals surface area contributed by atoms with E-state index in [-0.39, 0.29) is 35.1 Å². The highest BCUT2D eigenvalue weighted by Gasteiger charge is 2.69. The number of benzene rings is 5. The fraction of sp³-hybridized carbons (Fsp3) is 0.208. The quantitative estimate of drug-likeness (QED) is 0.156. The van der Waals surface area contributed by atoms with Crippen molar-refractivity contribution in [3.63, 3.8) is 0 Å². The van der Waals surface area contributed by atoms with Gasteiger partial charge in [0.15, 0.2) is 5.88 Å². The lowest BCUT2D eigenvalue weighted by Gasteiger charge is -2.32. The molecular weight excluding hydrogens is 741 g/mol. The first-order valence-electron chi connectivity index (χ1n) is 19.9. The first-order valence-corrected chi connectivity index (χ1v) is 19.9. The molecule has 59 heavy (non-hydrogen) atoms. The number of aromatic hydroxyl groups is 1. The maximum absolute atomic E-state index is 14.5. The van der Waals surface area contributed by atoms with Crippen molar-refractivity contribution in [2.75, 3.05) is 4.90 Å². The van der Waals surface area contributed by atoms with Crippen molar-refractivity contribution >= 4 is 56.5 Å². The highest BCUT2D eigenvalue weighted by atomic mass is 16.3. The number of hydrogen-bond acceptors (Lipinski definition) is 8. The summed E-state index contributed by atoms with van der Waals surface area (Å²) in [5, 5.41) is 15.2. The smallest absolute Gasteiger partial charge is 0.266 e. The van der Waals surface area contributed by atoms with E-state index in [4.69, 9.17) is 4.98 Å². The van der Waals surface area contributed by atoms with Gasteiger partial charge in [-0.3, -0.25) is 29.1 Å². The summed E-state index contributed by atoms with van der Waals surface area (Å²) in [7, 11) is 0. The Bertz CT molecular complexity index is 3050. The number of carbonyl (C=O) groups excluding carboxylic acids is 3. The molecule has 2 saturated heterocycles. The van der Waals surface area contributed by atoms with Gasteiger partial charge < -0.3 is 10.1 Å². The minimum atomic E-state index is -1.11. The molecule has 1 spiro atoms. The van der Waals surface area contributed by atoms with E-state index >= 15 is 0 Å². The zero-order valence-corrected chi connectivity index (χ0v) is 32.9. The third-order valence-corrected chi connectivity index (χ3v) is 12.2. The van der Waals surface area contributed by atoms with Crippen molar-refractivity contribution < 1.29 is 19.5 Å². The number of anilines is 1. The summed E-state index contributed by atoms with van der Waals surface area (Å²) in [6, 6.07) is 35.2. The average molecular weight is 781 g/mol. The molecule has 0 bridgehead atoms. The molecule has 292 valence electrons. The lowest BCUT2D eigenvalue weighted by Crippen LogP contribution is -2.50. The highest BCUT2D eigenvalue weighted by Crippen LogP contribution is 2.56. The topological polar surface area (TPSA) is 150 Å². The summed E-state index contributed by atoms with van der Waals surface area (Å²) in [6.07, 6.45) is 0.711. The van der Waals surface area contributed by atoms with Crippen molar-refractivity contribution in [3.8, 4) is 11.6 Å². The second-order valence-electron chi connectivity index (χ2n) is 16.3. The van der Waals surface area contributed by atoms with Crippen molar-refractivity contribution in [2.24, 2.45) is 22.7 Å². The molecule has 11 nitrogen and oxygen atoms in total. The summed E-state index contributed by atoms with van der Waals surface area (Å²) in [5.41, 5.74) is 6.17. The normalized spacial score (nSPS) is 21.2. The number of hydrogen-bond donors (Lipinski definition) is 3. The van der Waals surface area contributed by atoms with E-state index in [2.05, 4.69) is 29.1 Å². The monoisotopic (exact) mass is 780 g/mol. The van der Waals surface area contributed by atoms with Crippen molar-refractivity contribution in [1.82, 2.24) is 19.9 Å². The number of aromatic amines is 1. The lowest BCUT2D eigenvalue weighted by molar-refractivity contribution is -0.123. The molecule has 2 unspecified atom stereocenters. The average Bonchev–Trinajstić information content (AvgIpc) is 3.98. The molecule has 11 heteroatoms. The maximum Gasteiger partial charge on any atom is 0.266 e. The molecule has 5 aromatic carbocycles. The fourth-order valence-electron chi connectivity index (χ4n) is 9.82. The molecule has 0 aliphatic carbocycles. The number of nitrogens with zero attached hydrogens (tertiary/aromatic N) is 4. The minimum Gasteiger partial charge on any atom is -0.494 e. The number of ketones is 1. The molecule has 3 N–H and O–H groups in total. The Balaban J connectivity index is 0.000000176. The molecule has 7 aromatic rings. The lowest BCUT2D eigenvalue weighted by atomic mass is 9.75. The zero-order chi connectivity index (χ0) is 40.9. The number of carbonyl (C=O) groups is 3. The molecule has 6 heterocycles. The van der Waals surface area contributed by atoms with Crippen LogP contribution in [0.3, 0.4) is 0 Å². The van der Waals surface area contributed by atoms with E-state index < -0.39 is 17.4 Å². The van der Waals surface area contributed by atoms with E-state index in [0.717, 1.165) is 27.6 Å².